The maximum atomic E-state index is 12.6. The number of amides is 2. The Balaban J connectivity index is 1.86. The fourth-order valence-electron chi connectivity index (χ4n) is 2.92. The third-order valence-electron chi connectivity index (χ3n) is 4.25. The number of aromatic nitrogens is 1. The molecule has 1 aromatic carbocycles. The Bertz CT molecular complexity index is 770. The van der Waals surface area contributed by atoms with Crippen molar-refractivity contribution in [2.24, 2.45) is 0 Å². The molecule has 0 radical (unpaired) electrons. The molecule has 1 atom stereocenters. The number of aryl methyl sites for hydroxylation is 2. The fraction of sp³-hybridized carbons (Fsp3) is 0.389. The lowest BCUT2D eigenvalue weighted by atomic mass is 10.1. The van der Waals surface area contributed by atoms with E-state index >= 15 is 0 Å². The molecule has 2 amide bonds. The van der Waals surface area contributed by atoms with E-state index in [1.54, 1.807) is 0 Å². The zero-order valence-corrected chi connectivity index (χ0v) is 13.5. The van der Waals surface area contributed by atoms with Gasteiger partial charge in [0.25, 0.3) is 5.91 Å². The summed E-state index contributed by atoms with van der Waals surface area (Å²) in [4.78, 5) is 29.1. The summed E-state index contributed by atoms with van der Waals surface area (Å²) in [6, 6.07) is 7.36. The Hall–Kier alpha value is -2.43. The molecule has 1 aliphatic rings. The smallest absolute Gasteiger partial charge is 0.253 e. The molecule has 23 heavy (non-hydrogen) atoms. The summed E-state index contributed by atoms with van der Waals surface area (Å²) in [5.41, 5.74) is 3.22. The summed E-state index contributed by atoms with van der Waals surface area (Å²) in [6.07, 6.45) is 2.56. The van der Waals surface area contributed by atoms with Gasteiger partial charge in [-0.2, -0.15) is 0 Å². The van der Waals surface area contributed by atoms with Gasteiger partial charge in [0.1, 0.15) is 6.04 Å². The summed E-state index contributed by atoms with van der Waals surface area (Å²) in [5, 5.41) is 6.61. The van der Waals surface area contributed by atoms with Crippen molar-refractivity contribution < 1.29 is 9.59 Å². The third kappa shape index (κ3) is 3.33. The van der Waals surface area contributed by atoms with E-state index in [-0.39, 0.29) is 11.8 Å². The van der Waals surface area contributed by atoms with Crippen LogP contribution in [0.2, 0.25) is 0 Å². The van der Waals surface area contributed by atoms with Crippen LogP contribution in [0.3, 0.4) is 0 Å². The number of carbonyl (C=O) groups is 2. The van der Waals surface area contributed by atoms with Gasteiger partial charge in [0.15, 0.2) is 0 Å². The second kappa shape index (κ2) is 6.36. The second-order valence-corrected chi connectivity index (χ2v) is 6.13. The Morgan fingerprint density at radius 1 is 1.26 bits per heavy atom. The van der Waals surface area contributed by atoms with Gasteiger partial charge in [0.05, 0.1) is 16.8 Å². The quantitative estimate of drug-likeness (QED) is 0.893. The highest BCUT2D eigenvalue weighted by Gasteiger charge is 2.23. The van der Waals surface area contributed by atoms with Gasteiger partial charge in [-0.15, -0.1) is 0 Å². The topological polar surface area (TPSA) is 71.1 Å². The predicted molar refractivity (Wildman–Crippen MR) is 89.3 cm³/mol. The Morgan fingerprint density at radius 3 is 2.91 bits per heavy atom. The first kappa shape index (κ1) is 15.5. The van der Waals surface area contributed by atoms with Gasteiger partial charge < -0.3 is 10.6 Å². The molecule has 5 heteroatoms. The number of nitrogens with zero attached hydrogens (tertiary/aromatic N) is 1. The summed E-state index contributed by atoms with van der Waals surface area (Å²) in [6.45, 7) is 4.52. The average molecular weight is 311 g/mol. The van der Waals surface area contributed by atoms with Crippen molar-refractivity contribution >= 4 is 22.7 Å². The number of fused-ring (bicyclic) bond motifs is 1. The van der Waals surface area contributed by atoms with Crippen LogP contribution in [-0.2, 0) is 4.79 Å². The lowest BCUT2D eigenvalue weighted by molar-refractivity contribution is -0.122. The molecule has 1 aromatic heterocycles. The molecule has 0 saturated carbocycles. The van der Waals surface area contributed by atoms with Crippen LogP contribution in [0.4, 0.5) is 0 Å². The van der Waals surface area contributed by atoms with Gasteiger partial charge in [-0.1, -0.05) is 12.1 Å². The third-order valence-corrected chi connectivity index (χ3v) is 4.25. The van der Waals surface area contributed by atoms with Crippen LogP contribution in [0.5, 0.6) is 0 Å². The number of pyridine rings is 1. The SMILES string of the molecule is Cc1ccc2cc(C(=O)N[C@H]3CCCCNC3=O)c(C)nc2c1. The van der Waals surface area contributed by atoms with Crippen molar-refractivity contribution in [1.29, 1.82) is 0 Å². The Kier molecular flexibility index (Phi) is 4.28. The molecule has 2 heterocycles. The number of hydrogen-bond acceptors (Lipinski definition) is 3. The van der Waals surface area contributed by atoms with E-state index < -0.39 is 6.04 Å². The molecule has 1 fully saturated rings. The fourth-order valence-corrected chi connectivity index (χ4v) is 2.92. The average Bonchev–Trinajstić information content (AvgIpc) is 2.71. The Morgan fingerprint density at radius 2 is 2.09 bits per heavy atom. The van der Waals surface area contributed by atoms with Crippen molar-refractivity contribution in [3.8, 4) is 0 Å². The number of rotatable bonds is 2. The van der Waals surface area contributed by atoms with Crippen molar-refractivity contribution in [2.45, 2.75) is 39.2 Å². The molecular weight excluding hydrogens is 290 g/mol. The minimum absolute atomic E-state index is 0.0992. The molecule has 3 rings (SSSR count). The number of hydrogen-bond donors (Lipinski definition) is 2. The molecule has 0 aliphatic carbocycles. The maximum absolute atomic E-state index is 12.6. The molecular formula is C18H21N3O2. The van der Waals surface area contributed by atoms with Crippen molar-refractivity contribution in [1.82, 2.24) is 15.6 Å². The van der Waals surface area contributed by atoms with Crippen molar-refractivity contribution in [3.05, 3.63) is 41.1 Å². The van der Waals surface area contributed by atoms with Gasteiger partial charge >= 0.3 is 0 Å². The van der Waals surface area contributed by atoms with Gasteiger partial charge in [-0.3, -0.25) is 14.6 Å². The first-order valence-electron chi connectivity index (χ1n) is 8.01. The summed E-state index contributed by atoms with van der Waals surface area (Å²) in [7, 11) is 0. The number of nitrogens with one attached hydrogen (secondary N) is 2. The maximum Gasteiger partial charge on any atom is 0.253 e. The highest BCUT2D eigenvalue weighted by atomic mass is 16.2. The zero-order chi connectivity index (χ0) is 16.4. The lowest BCUT2D eigenvalue weighted by Crippen LogP contribution is -2.45. The molecule has 0 spiro atoms. The van der Waals surface area contributed by atoms with E-state index in [9.17, 15) is 9.59 Å². The highest BCUT2D eigenvalue weighted by molar-refractivity contribution is 6.00. The minimum Gasteiger partial charge on any atom is -0.354 e. The van der Waals surface area contributed by atoms with E-state index in [1.807, 2.05) is 38.1 Å². The normalized spacial score (nSPS) is 18.3. The molecule has 5 nitrogen and oxygen atoms in total. The van der Waals surface area contributed by atoms with Gasteiger partial charge in [0.2, 0.25) is 5.91 Å². The zero-order valence-electron chi connectivity index (χ0n) is 13.5. The van der Waals surface area contributed by atoms with Crippen molar-refractivity contribution in [3.63, 3.8) is 0 Å². The van der Waals surface area contributed by atoms with Crippen LogP contribution < -0.4 is 10.6 Å². The number of benzene rings is 1. The first-order valence-corrected chi connectivity index (χ1v) is 8.01. The van der Waals surface area contributed by atoms with E-state index in [0.29, 0.717) is 24.2 Å². The standard InChI is InChI=1S/C18H21N3O2/c1-11-6-7-13-10-14(12(2)20-16(13)9-11)17(22)21-15-5-3-4-8-19-18(15)23/h6-7,9-10,15H,3-5,8H2,1-2H3,(H,19,23)(H,21,22)/t15-/m0/s1. The van der Waals surface area contributed by atoms with Crippen LogP contribution in [-0.4, -0.2) is 29.4 Å². The lowest BCUT2D eigenvalue weighted by Gasteiger charge is -2.16. The summed E-state index contributed by atoms with van der Waals surface area (Å²) in [5.74, 6) is -0.336. The van der Waals surface area contributed by atoms with E-state index in [2.05, 4.69) is 15.6 Å². The van der Waals surface area contributed by atoms with E-state index in [1.165, 1.54) is 0 Å². The van der Waals surface area contributed by atoms with E-state index in [0.717, 1.165) is 29.3 Å². The molecule has 1 aliphatic heterocycles. The van der Waals surface area contributed by atoms with Crippen LogP contribution >= 0.6 is 0 Å². The monoisotopic (exact) mass is 311 g/mol. The van der Waals surface area contributed by atoms with Crippen LogP contribution in [0, 0.1) is 13.8 Å². The minimum atomic E-state index is -0.460. The van der Waals surface area contributed by atoms with Crippen LogP contribution in [0.15, 0.2) is 24.3 Å². The van der Waals surface area contributed by atoms with Crippen LogP contribution in [0.1, 0.15) is 40.9 Å². The second-order valence-electron chi connectivity index (χ2n) is 6.13. The highest BCUT2D eigenvalue weighted by Crippen LogP contribution is 2.18. The first-order chi connectivity index (χ1) is 11.0. The number of carbonyl (C=O) groups excluding carboxylic acids is 2. The van der Waals surface area contributed by atoms with Crippen molar-refractivity contribution in [2.75, 3.05) is 6.54 Å². The largest absolute Gasteiger partial charge is 0.354 e. The van der Waals surface area contributed by atoms with Crippen LogP contribution in [0.25, 0.3) is 10.9 Å². The van der Waals surface area contributed by atoms with Gasteiger partial charge in [-0.25, -0.2) is 0 Å². The Labute approximate surface area is 135 Å². The molecule has 1 saturated heterocycles. The summed E-state index contributed by atoms with van der Waals surface area (Å²) < 4.78 is 0. The molecule has 2 aromatic rings. The predicted octanol–water partition coefficient (Wildman–Crippen LogP) is 2.25. The van der Waals surface area contributed by atoms with E-state index in [4.69, 9.17) is 0 Å². The summed E-state index contributed by atoms with van der Waals surface area (Å²) >= 11 is 0. The van der Waals surface area contributed by atoms with Gasteiger partial charge in [0, 0.05) is 11.9 Å². The molecule has 0 bridgehead atoms. The molecule has 0 unspecified atom stereocenters. The molecule has 120 valence electrons. The molecule has 2 N–H and O–H groups in total. The van der Waals surface area contributed by atoms with Gasteiger partial charge in [-0.05, 0) is 50.8 Å².